The highest BCUT2D eigenvalue weighted by atomic mass is 16.2. The third-order valence-corrected chi connectivity index (χ3v) is 3.23. The number of anilines is 1. The number of nitrogens with one attached hydrogen (secondary N) is 1. The van der Waals surface area contributed by atoms with Crippen molar-refractivity contribution in [3.63, 3.8) is 0 Å². The van der Waals surface area contributed by atoms with Crippen molar-refractivity contribution in [2.45, 2.75) is 6.92 Å². The molecule has 0 radical (unpaired) electrons. The lowest BCUT2D eigenvalue weighted by Gasteiger charge is -2.10. The van der Waals surface area contributed by atoms with E-state index in [1.165, 1.54) is 15.8 Å². The SMILES string of the molecule is Cc1c(NC(=O)c2ccnn2C)c(C(=O)N(C)C)nn1C. The van der Waals surface area contributed by atoms with E-state index in [2.05, 4.69) is 15.5 Å². The largest absolute Gasteiger partial charge is 0.343 e. The molecule has 0 aromatic carbocycles. The van der Waals surface area contributed by atoms with Crippen molar-refractivity contribution in [2.75, 3.05) is 19.4 Å². The van der Waals surface area contributed by atoms with Crippen LogP contribution in [0.2, 0.25) is 0 Å². The number of amides is 2. The minimum absolute atomic E-state index is 0.218. The van der Waals surface area contributed by atoms with Crippen molar-refractivity contribution in [1.29, 1.82) is 0 Å². The molecular formula is C13H18N6O2. The Morgan fingerprint density at radius 1 is 1.24 bits per heavy atom. The van der Waals surface area contributed by atoms with Gasteiger partial charge in [0, 0.05) is 34.4 Å². The number of rotatable bonds is 3. The van der Waals surface area contributed by atoms with E-state index in [9.17, 15) is 9.59 Å². The van der Waals surface area contributed by atoms with Crippen molar-refractivity contribution in [3.8, 4) is 0 Å². The fraction of sp³-hybridized carbons (Fsp3) is 0.385. The van der Waals surface area contributed by atoms with Gasteiger partial charge < -0.3 is 10.2 Å². The number of carbonyl (C=O) groups is 2. The Kier molecular flexibility index (Phi) is 3.79. The molecule has 2 rings (SSSR count). The number of aryl methyl sites for hydroxylation is 2. The van der Waals surface area contributed by atoms with Crippen LogP contribution in [0.25, 0.3) is 0 Å². The Hall–Kier alpha value is -2.64. The highest BCUT2D eigenvalue weighted by molar-refractivity contribution is 6.08. The average molecular weight is 290 g/mol. The lowest BCUT2D eigenvalue weighted by Crippen LogP contribution is -2.24. The predicted octanol–water partition coefficient (Wildman–Crippen LogP) is 0.416. The molecule has 0 saturated carbocycles. The quantitative estimate of drug-likeness (QED) is 0.887. The highest BCUT2D eigenvalue weighted by Gasteiger charge is 2.23. The van der Waals surface area contributed by atoms with Gasteiger partial charge in [-0.3, -0.25) is 19.0 Å². The van der Waals surface area contributed by atoms with Crippen LogP contribution in [0.5, 0.6) is 0 Å². The van der Waals surface area contributed by atoms with E-state index < -0.39 is 0 Å². The fourth-order valence-electron chi connectivity index (χ4n) is 1.89. The topological polar surface area (TPSA) is 85.1 Å². The number of aromatic nitrogens is 4. The normalized spacial score (nSPS) is 10.5. The zero-order valence-corrected chi connectivity index (χ0v) is 12.7. The van der Waals surface area contributed by atoms with Crippen LogP contribution in [0.3, 0.4) is 0 Å². The summed E-state index contributed by atoms with van der Waals surface area (Å²) in [5, 5.41) is 10.9. The molecule has 0 aliphatic heterocycles. The van der Waals surface area contributed by atoms with Crippen LogP contribution in [0, 0.1) is 6.92 Å². The van der Waals surface area contributed by atoms with E-state index >= 15 is 0 Å². The Balaban J connectivity index is 2.38. The molecule has 2 amide bonds. The van der Waals surface area contributed by atoms with Gasteiger partial charge in [0.05, 0.1) is 11.4 Å². The van der Waals surface area contributed by atoms with Crippen molar-refractivity contribution in [1.82, 2.24) is 24.5 Å². The van der Waals surface area contributed by atoms with Crippen LogP contribution in [0.4, 0.5) is 5.69 Å². The van der Waals surface area contributed by atoms with Gasteiger partial charge in [0.15, 0.2) is 5.69 Å². The van der Waals surface area contributed by atoms with Gasteiger partial charge in [-0.2, -0.15) is 10.2 Å². The summed E-state index contributed by atoms with van der Waals surface area (Å²) >= 11 is 0. The van der Waals surface area contributed by atoms with E-state index in [-0.39, 0.29) is 17.5 Å². The monoisotopic (exact) mass is 290 g/mol. The molecule has 8 nitrogen and oxygen atoms in total. The summed E-state index contributed by atoms with van der Waals surface area (Å²) in [4.78, 5) is 25.8. The Labute approximate surface area is 122 Å². The summed E-state index contributed by atoms with van der Waals surface area (Å²) in [5.74, 6) is -0.599. The van der Waals surface area contributed by atoms with Gasteiger partial charge in [-0.25, -0.2) is 0 Å². The minimum atomic E-state index is -0.334. The highest BCUT2D eigenvalue weighted by Crippen LogP contribution is 2.21. The van der Waals surface area contributed by atoms with E-state index in [1.54, 1.807) is 45.9 Å². The molecule has 0 spiro atoms. The molecule has 2 aromatic heterocycles. The molecule has 112 valence electrons. The first-order valence-corrected chi connectivity index (χ1v) is 6.37. The maximum atomic E-state index is 12.3. The van der Waals surface area contributed by atoms with E-state index in [0.717, 1.165) is 0 Å². The first-order valence-electron chi connectivity index (χ1n) is 6.37. The maximum Gasteiger partial charge on any atom is 0.276 e. The van der Waals surface area contributed by atoms with Crippen molar-refractivity contribution < 1.29 is 9.59 Å². The molecule has 0 saturated heterocycles. The Morgan fingerprint density at radius 2 is 1.90 bits per heavy atom. The van der Waals surface area contributed by atoms with Crippen LogP contribution in [-0.2, 0) is 14.1 Å². The summed E-state index contributed by atoms with van der Waals surface area (Å²) in [6, 6.07) is 1.61. The second-order valence-electron chi connectivity index (χ2n) is 4.93. The fourth-order valence-corrected chi connectivity index (χ4v) is 1.89. The smallest absolute Gasteiger partial charge is 0.276 e. The van der Waals surface area contributed by atoms with Crippen LogP contribution in [0.1, 0.15) is 26.7 Å². The molecule has 2 aromatic rings. The van der Waals surface area contributed by atoms with E-state index in [1.807, 2.05) is 0 Å². The van der Waals surface area contributed by atoms with E-state index in [4.69, 9.17) is 0 Å². The average Bonchev–Trinajstić information content (AvgIpc) is 2.96. The Morgan fingerprint density at radius 3 is 2.43 bits per heavy atom. The van der Waals surface area contributed by atoms with Crippen molar-refractivity contribution in [3.05, 3.63) is 29.3 Å². The molecular weight excluding hydrogens is 272 g/mol. The predicted molar refractivity (Wildman–Crippen MR) is 77.1 cm³/mol. The van der Waals surface area contributed by atoms with Crippen LogP contribution in [0.15, 0.2) is 12.3 Å². The number of carbonyl (C=O) groups excluding carboxylic acids is 2. The van der Waals surface area contributed by atoms with Gasteiger partial charge in [0.25, 0.3) is 11.8 Å². The molecule has 0 atom stereocenters. The molecule has 8 heteroatoms. The van der Waals surface area contributed by atoms with Crippen molar-refractivity contribution >= 4 is 17.5 Å². The summed E-state index contributed by atoms with van der Waals surface area (Å²) in [5.41, 5.74) is 1.75. The van der Waals surface area contributed by atoms with Crippen LogP contribution >= 0.6 is 0 Å². The van der Waals surface area contributed by atoms with Crippen LogP contribution < -0.4 is 5.32 Å². The molecule has 0 aliphatic carbocycles. The van der Waals surface area contributed by atoms with E-state index in [0.29, 0.717) is 17.1 Å². The molecule has 0 unspecified atom stereocenters. The van der Waals surface area contributed by atoms with Crippen molar-refractivity contribution in [2.24, 2.45) is 14.1 Å². The van der Waals surface area contributed by atoms with Gasteiger partial charge in [-0.1, -0.05) is 0 Å². The molecule has 0 bridgehead atoms. The Bertz CT molecular complexity index is 698. The van der Waals surface area contributed by atoms with Gasteiger partial charge >= 0.3 is 0 Å². The first kappa shape index (κ1) is 14.8. The molecule has 2 heterocycles. The standard InChI is InChI=1S/C13H18N6O2/c1-8-10(11(16-18(8)4)13(21)17(2)3)15-12(20)9-6-7-14-19(9)5/h6-7H,1-5H3,(H,15,20). The summed E-state index contributed by atoms with van der Waals surface area (Å²) in [6.07, 6.45) is 1.54. The minimum Gasteiger partial charge on any atom is -0.343 e. The molecule has 21 heavy (non-hydrogen) atoms. The number of hydrogen-bond donors (Lipinski definition) is 1. The zero-order valence-electron chi connectivity index (χ0n) is 12.7. The number of hydrogen-bond acceptors (Lipinski definition) is 4. The second-order valence-corrected chi connectivity index (χ2v) is 4.93. The van der Waals surface area contributed by atoms with Gasteiger partial charge in [-0.05, 0) is 13.0 Å². The van der Waals surface area contributed by atoms with Gasteiger partial charge in [0.1, 0.15) is 5.69 Å². The molecule has 1 N–H and O–H groups in total. The lowest BCUT2D eigenvalue weighted by molar-refractivity contribution is 0.0822. The zero-order chi connectivity index (χ0) is 15.7. The summed E-state index contributed by atoms with van der Waals surface area (Å²) in [7, 11) is 6.68. The first-order chi connectivity index (χ1) is 9.82. The lowest BCUT2D eigenvalue weighted by atomic mass is 10.2. The number of nitrogens with zero attached hydrogens (tertiary/aromatic N) is 5. The molecule has 0 fully saturated rings. The van der Waals surface area contributed by atoms with Crippen LogP contribution in [-0.4, -0.2) is 50.4 Å². The van der Waals surface area contributed by atoms with Gasteiger partial charge in [-0.15, -0.1) is 0 Å². The third-order valence-electron chi connectivity index (χ3n) is 3.23. The van der Waals surface area contributed by atoms with Gasteiger partial charge in [0.2, 0.25) is 0 Å². The second kappa shape index (κ2) is 5.39. The third kappa shape index (κ3) is 2.64. The maximum absolute atomic E-state index is 12.3. The summed E-state index contributed by atoms with van der Waals surface area (Å²) in [6.45, 7) is 1.79. The molecule has 0 aliphatic rings. The summed E-state index contributed by atoms with van der Waals surface area (Å²) < 4.78 is 3.03.